The van der Waals surface area contributed by atoms with Crippen molar-refractivity contribution in [3.05, 3.63) is 64.8 Å². The lowest BCUT2D eigenvalue weighted by Gasteiger charge is -2.13. The third kappa shape index (κ3) is 2.85. The molecule has 0 fully saturated rings. The Hall–Kier alpha value is -2.07. The van der Waals surface area contributed by atoms with Gasteiger partial charge in [0.25, 0.3) is 0 Å². The molecule has 106 valence electrons. The lowest BCUT2D eigenvalue weighted by atomic mass is 10.1. The Balaban J connectivity index is 1.82. The van der Waals surface area contributed by atoms with E-state index in [1.165, 1.54) is 0 Å². The molecule has 21 heavy (non-hydrogen) atoms. The van der Waals surface area contributed by atoms with Crippen LogP contribution in [0.1, 0.15) is 17.3 Å². The van der Waals surface area contributed by atoms with Crippen LogP contribution in [0.2, 0.25) is 0 Å². The highest BCUT2D eigenvalue weighted by Gasteiger charge is 2.20. The van der Waals surface area contributed by atoms with Gasteiger partial charge in [-0.05, 0) is 37.3 Å². The van der Waals surface area contributed by atoms with Gasteiger partial charge in [0.2, 0.25) is 5.78 Å². The molecule has 3 aromatic rings. The number of hydrogen-bond acceptors (Lipinski definition) is 2. The van der Waals surface area contributed by atoms with E-state index < -0.39 is 6.10 Å². The fourth-order valence-electron chi connectivity index (χ4n) is 2.27. The number of rotatable bonds is 4. The van der Waals surface area contributed by atoms with E-state index in [0.29, 0.717) is 11.3 Å². The second kappa shape index (κ2) is 5.74. The number of carbonyl (C=O) groups is 1. The van der Waals surface area contributed by atoms with E-state index >= 15 is 0 Å². The Morgan fingerprint density at radius 2 is 1.86 bits per heavy atom. The third-order valence-corrected chi connectivity index (χ3v) is 3.88. The molecular formula is C17H14BrNO2. The molecule has 0 unspecified atom stereocenters. The number of para-hydroxylation sites is 1. The normalized spacial score (nSPS) is 12.3. The first kappa shape index (κ1) is 13.9. The van der Waals surface area contributed by atoms with Gasteiger partial charge in [-0.2, -0.15) is 0 Å². The zero-order valence-electron chi connectivity index (χ0n) is 11.5. The number of Topliss-reactive ketones (excluding diaryl/α,β-unsaturated/α-hetero) is 1. The molecule has 0 spiro atoms. The Morgan fingerprint density at radius 1 is 1.14 bits per heavy atom. The lowest BCUT2D eigenvalue weighted by molar-refractivity contribution is 0.0820. The Bertz CT molecular complexity index is 777. The summed E-state index contributed by atoms with van der Waals surface area (Å²) in [5.41, 5.74) is 1.62. The SMILES string of the molecule is C[C@H](Oc1ccc(Br)cc1)C(=O)c1c[nH]c2ccccc12. The van der Waals surface area contributed by atoms with Crippen molar-refractivity contribution in [2.24, 2.45) is 0 Å². The van der Waals surface area contributed by atoms with Crippen LogP contribution >= 0.6 is 15.9 Å². The van der Waals surface area contributed by atoms with E-state index in [1.807, 2.05) is 48.5 Å². The second-order valence-corrected chi connectivity index (χ2v) is 5.74. The number of ether oxygens (including phenoxy) is 1. The lowest BCUT2D eigenvalue weighted by Crippen LogP contribution is -2.23. The molecule has 1 atom stereocenters. The molecule has 0 aliphatic carbocycles. The van der Waals surface area contributed by atoms with Crippen LogP contribution in [0, 0.1) is 0 Å². The topological polar surface area (TPSA) is 42.1 Å². The van der Waals surface area contributed by atoms with E-state index in [4.69, 9.17) is 4.74 Å². The maximum absolute atomic E-state index is 12.5. The van der Waals surface area contributed by atoms with Crippen molar-refractivity contribution in [3.63, 3.8) is 0 Å². The summed E-state index contributed by atoms with van der Waals surface area (Å²) in [5, 5.41) is 0.925. The monoisotopic (exact) mass is 343 g/mol. The molecular weight excluding hydrogens is 330 g/mol. The van der Waals surface area contributed by atoms with Crippen molar-refractivity contribution < 1.29 is 9.53 Å². The number of halogens is 1. The van der Waals surface area contributed by atoms with Crippen molar-refractivity contribution in [1.82, 2.24) is 4.98 Å². The number of aromatic nitrogens is 1. The number of carbonyl (C=O) groups excluding carboxylic acids is 1. The van der Waals surface area contributed by atoms with E-state index in [-0.39, 0.29) is 5.78 Å². The molecule has 0 radical (unpaired) electrons. The van der Waals surface area contributed by atoms with Crippen LogP contribution in [-0.4, -0.2) is 16.9 Å². The summed E-state index contributed by atoms with van der Waals surface area (Å²) in [6, 6.07) is 15.2. The fourth-order valence-corrected chi connectivity index (χ4v) is 2.53. The molecule has 1 N–H and O–H groups in total. The highest BCUT2D eigenvalue weighted by Crippen LogP contribution is 2.22. The summed E-state index contributed by atoms with van der Waals surface area (Å²) in [5.74, 6) is 0.647. The van der Waals surface area contributed by atoms with Gasteiger partial charge < -0.3 is 9.72 Å². The van der Waals surface area contributed by atoms with Crippen LogP contribution in [0.3, 0.4) is 0 Å². The molecule has 4 heteroatoms. The van der Waals surface area contributed by atoms with Gasteiger partial charge in [-0.1, -0.05) is 34.1 Å². The molecule has 0 saturated heterocycles. The first-order valence-electron chi connectivity index (χ1n) is 6.68. The first-order chi connectivity index (χ1) is 10.1. The average Bonchev–Trinajstić information content (AvgIpc) is 2.92. The maximum Gasteiger partial charge on any atom is 0.205 e. The van der Waals surface area contributed by atoms with Crippen LogP contribution in [0.5, 0.6) is 5.75 Å². The molecule has 0 amide bonds. The minimum atomic E-state index is -0.537. The minimum absolute atomic E-state index is 0.0321. The van der Waals surface area contributed by atoms with Gasteiger partial charge in [-0.25, -0.2) is 0 Å². The molecule has 1 aromatic heterocycles. The standard InChI is InChI=1S/C17H14BrNO2/c1-11(21-13-8-6-12(18)7-9-13)17(20)15-10-19-16-5-3-2-4-14(15)16/h2-11,19H,1H3/t11-/m0/s1. The van der Waals surface area contributed by atoms with Crippen LogP contribution in [0.25, 0.3) is 10.9 Å². The van der Waals surface area contributed by atoms with Crippen molar-refractivity contribution in [2.45, 2.75) is 13.0 Å². The van der Waals surface area contributed by atoms with Gasteiger partial charge in [0, 0.05) is 27.1 Å². The summed E-state index contributed by atoms with van der Waals surface area (Å²) in [6.07, 6.45) is 1.21. The van der Waals surface area contributed by atoms with Crippen LogP contribution in [-0.2, 0) is 0 Å². The summed E-state index contributed by atoms with van der Waals surface area (Å²) in [6.45, 7) is 1.77. The average molecular weight is 344 g/mol. The summed E-state index contributed by atoms with van der Waals surface area (Å²) in [7, 11) is 0. The van der Waals surface area contributed by atoms with Gasteiger partial charge in [0.05, 0.1) is 0 Å². The molecule has 3 rings (SSSR count). The predicted molar refractivity (Wildman–Crippen MR) is 86.9 cm³/mol. The maximum atomic E-state index is 12.5. The molecule has 0 aliphatic rings. The van der Waals surface area contributed by atoms with Crippen LogP contribution in [0.4, 0.5) is 0 Å². The number of benzene rings is 2. The van der Waals surface area contributed by atoms with Gasteiger partial charge >= 0.3 is 0 Å². The Labute approximate surface area is 131 Å². The van der Waals surface area contributed by atoms with E-state index in [0.717, 1.165) is 15.4 Å². The number of nitrogens with one attached hydrogen (secondary N) is 1. The van der Waals surface area contributed by atoms with Crippen molar-refractivity contribution >= 4 is 32.6 Å². The number of ketones is 1. The van der Waals surface area contributed by atoms with Gasteiger partial charge in [-0.3, -0.25) is 4.79 Å². The number of aromatic amines is 1. The predicted octanol–water partition coefficient (Wildman–Crippen LogP) is 4.58. The number of fused-ring (bicyclic) bond motifs is 1. The Kier molecular flexibility index (Phi) is 3.80. The largest absolute Gasteiger partial charge is 0.483 e. The minimum Gasteiger partial charge on any atom is -0.483 e. The summed E-state index contributed by atoms with van der Waals surface area (Å²) in [4.78, 5) is 15.6. The number of H-pyrrole nitrogens is 1. The molecule has 2 aromatic carbocycles. The highest BCUT2D eigenvalue weighted by atomic mass is 79.9. The van der Waals surface area contributed by atoms with E-state index in [1.54, 1.807) is 13.1 Å². The molecule has 0 bridgehead atoms. The summed E-state index contributed by atoms with van der Waals surface area (Å²) < 4.78 is 6.70. The molecule has 1 heterocycles. The third-order valence-electron chi connectivity index (χ3n) is 3.35. The summed E-state index contributed by atoms with van der Waals surface area (Å²) >= 11 is 3.37. The van der Waals surface area contributed by atoms with Gasteiger partial charge in [0.1, 0.15) is 5.75 Å². The van der Waals surface area contributed by atoms with E-state index in [2.05, 4.69) is 20.9 Å². The number of hydrogen-bond donors (Lipinski definition) is 1. The van der Waals surface area contributed by atoms with Gasteiger partial charge in [-0.15, -0.1) is 0 Å². The first-order valence-corrected chi connectivity index (χ1v) is 7.47. The molecule has 0 aliphatic heterocycles. The van der Waals surface area contributed by atoms with Crippen molar-refractivity contribution in [3.8, 4) is 5.75 Å². The quantitative estimate of drug-likeness (QED) is 0.704. The van der Waals surface area contributed by atoms with Crippen molar-refractivity contribution in [1.29, 1.82) is 0 Å². The second-order valence-electron chi connectivity index (χ2n) is 4.83. The molecule has 3 nitrogen and oxygen atoms in total. The highest BCUT2D eigenvalue weighted by molar-refractivity contribution is 9.10. The van der Waals surface area contributed by atoms with Crippen LogP contribution in [0.15, 0.2) is 59.2 Å². The zero-order chi connectivity index (χ0) is 14.8. The van der Waals surface area contributed by atoms with Crippen molar-refractivity contribution in [2.75, 3.05) is 0 Å². The zero-order valence-corrected chi connectivity index (χ0v) is 13.1. The molecule has 0 saturated carbocycles. The van der Waals surface area contributed by atoms with Gasteiger partial charge in [0.15, 0.2) is 6.10 Å². The Morgan fingerprint density at radius 3 is 2.62 bits per heavy atom. The van der Waals surface area contributed by atoms with E-state index in [9.17, 15) is 4.79 Å². The fraction of sp³-hybridized carbons (Fsp3) is 0.118. The smallest absolute Gasteiger partial charge is 0.205 e. The van der Waals surface area contributed by atoms with Crippen LogP contribution < -0.4 is 4.74 Å².